The number of pyridine rings is 2. The molecule has 1 fully saturated rings. The molecular weight excluding hydrogens is 1060 g/mol. The second-order valence-corrected chi connectivity index (χ2v) is 20.4. The van der Waals surface area contributed by atoms with Gasteiger partial charge in [0.1, 0.15) is 37.3 Å². The van der Waals surface area contributed by atoms with Crippen molar-refractivity contribution < 1.29 is 72.0 Å². The number of amides is 8. The summed E-state index contributed by atoms with van der Waals surface area (Å²) in [6, 6.07) is 8.14. The number of ether oxygens (including phenoxy) is 2. The van der Waals surface area contributed by atoms with Gasteiger partial charge in [0.15, 0.2) is 5.60 Å². The SMILES string of the molecule is CC[C@@]1(O)C(=O)OCc2c1cc1n(c2=O)Cc2c-1nc1cc(F)c(C)c3c1c2[C@@H](N(C)C(=O)[C@@H](OCNC(=O)CNC(=O)[C@H](Cc1ccccc1)NC(=O)CNC(=O)CNC(=O)[C@H](CNCC(=O)O)N1C(=O)C=CC1=O)C1CC1)CC3. The van der Waals surface area contributed by atoms with Gasteiger partial charge in [-0.2, -0.15) is 0 Å². The van der Waals surface area contributed by atoms with Crippen LogP contribution < -0.4 is 37.5 Å². The third-order valence-electron chi connectivity index (χ3n) is 15.3. The van der Waals surface area contributed by atoms with Crippen LogP contribution >= 0.6 is 0 Å². The van der Waals surface area contributed by atoms with Crippen LogP contribution in [0.4, 0.5) is 4.39 Å². The fourth-order valence-corrected chi connectivity index (χ4v) is 10.8. The molecule has 26 heteroatoms. The fraction of sp³-hybridized carbons (Fsp3) is 0.418. The molecule has 8 amide bonds. The maximum absolute atomic E-state index is 15.6. The van der Waals surface area contributed by atoms with Gasteiger partial charge in [-0.05, 0) is 73.3 Å². The van der Waals surface area contributed by atoms with E-state index >= 15 is 4.39 Å². The number of hydrogen-bond acceptors (Lipinski definition) is 16. The van der Waals surface area contributed by atoms with Gasteiger partial charge in [-0.15, -0.1) is 0 Å². The molecule has 0 saturated heterocycles. The standard InChI is InChI=1S/C55H59FN10O15/c1-4-55(79)33-17-38-48-31(24-65(38)52(76)32(33)25-80-54(55)78)47-37(13-12-30-27(2)34(56)18-35(63-48)46(30)47)64(3)53(77)49(29-10-11-29)81-26-61-41(68)21-59-50(74)36(16-28-8-6-5-7-9-28)62-42(69)22-58-40(67)20-60-51(75)39(19-57-23-45(72)73)66-43(70)14-15-44(66)71/h5-9,14-15,17-18,29,36-37,39,49,57,79H,4,10-13,16,19-26H2,1-3H3,(H,58,67)(H,59,74)(H,60,75)(H,61,68)(H,62,69)(H,72,73)/t36-,37-,39-,49-,55-/m0/s1. The summed E-state index contributed by atoms with van der Waals surface area (Å²) in [4.78, 5) is 150. The minimum absolute atomic E-state index is 0.0307. The molecule has 9 rings (SSSR count). The van der Waals surface area contributed by atoms with E-state index in [1.54, 1.807) is 62.2 Å². The van der Waals surface area contributed by atoms with Crippen molar-refractivity contribution in [3.05, 3.63) is 110 Å². The van der Waals surface area contributed by atoms with Crippen LogP contribution in [0.3, 0.4) is 0 Å². The van der Waals surface area contributed by atoms with Gasteiger partial charge in [0.05, 0.1) is 61.2 Å². The number of imide groups is 1. The van der Waals surface area contributed by atoms with Crippen molar-refractivity contribution in [2.24, 2.45) is 5.92 Å². The Balaban J connectivity index is 0.816. The van der Waals surface area contributed by atoms with Crippen molar-refractivity contribution in [2.75, 3.05) is 46.5 Å². The summed E-state index contributed by atoms with van der Waals surface area (Å²) >= 11 is 0. The van der Waals surface area contributed by atoms with Gasteiger partial charge in [0, 0.05) is 54.7 Å². The number of nitrogens with zero attached hydrogens (tertiary/aromatic N) is 4. The van der Waals surface area contributed by atoms with E-state index in [1.807, 2.05) is 0 Å². The van der Waals surface area contributed by atoms with E-state index in [2.05, 4.69) is 31.9 Å². The van der Waals surface area contributed by atoms with Gasteiger partial charge < -0.3 is 61.1 Å². The highest BCUT2D eigenvalue weighted by atomic mass is 19.1. The first-order chi connectivity index (χ1) is 38.7. The van der Waals surface area contributed by atoms with Crippen LogP contribution in [-0.2, 0) is 89.0 Å². The summed E-state index contributed by atoms with van der Waals surface area (Å²) in [6.07, 6.45) is 2.89. The van der Waals surface area contributed by atoms with Gasteiger partial charge in [0.2, 0.25) is 29.5 Å². The molecule has 1 saturated carbocycles. The van der Waals surface area contributed by atoms with Gasteiger partial charge in [0.25, 0.3) is 23.3 Å². The Morgan fingerprint density at radius 3 is 2.23 bits per heavy atom. The second-order valence-electron chi connectivity index (χ2n) is 20.4. The Bertz CT molecular complexity index is 3380. The number of halogens is 1. The molecule has 2 aromatic carbocycles. The molecule has 5 atom stereocenters. The van der Waals surface area contributed by atoms with Crippen molar-refractivity contribution in [1.82, 2.24) is 51.3 Å². The predicted molar refractivity (Wildman–Crippen MR) is 280 cm³/mol. The van der Waals surface area contributed by atoms with E-state index in [9.17, 15) is 57.8 Å². The Kier molecular flexibility index (Phi) is 16.5. The third kappa shape index (κ3) is 11.7. The lowest BCUT2D eigenvalue weighted by molar-refractivity contribution is -0.172. The number of hydrogen-bond donors (Lipinski definition) is 8. The molecule has 5 heterocycles. The maximum atomic E-state index is 15.6. The number of nitrogens with one attached hydrogen (secondary N) is 6. The highest BCUT2D eigenvalue weighted by Crippen LogP contribution is 2.48. The summed E-state index contributed by atoms with van der Waals surface area (Å²) in [5.74, 6) is -8.93. The molecule has 3 aliphatic heterocycles. The minimum atomic E-state index is -2.07. The summed E-state index contributed by atoms with van der Waals surface area (Å²) < 4.78 is 28.4. The van der Waals surface area contributed by atoms with Gasteiger partial charge >= 0.3 is 11.9 Å². The van der Waals surface area contributed by atoms with Crippen LogP contribution in [-0.4, -0.2) is 153 Å². The molecule has 5 aliphatic rings. The van der Waals surface area contributed by atoms with Gasteiger partial charge in [-0.1, -0.05) is 37.3 Å². The van der Waals surface area contributed by atoms with Crippen molar-refractivity contribution in [1.29, 1.82) is 0 Å². The Morgan fingerprint density at radius 2 is 1.56 bits per heavy atom. The number of rotatable bonds is 23. The van der Waals surface area contributed by atoms with Gasteiger partial charge in [-0.25, -0.2) is 14.2 Å². The molecular formula is C55H59FN10O15. The Hall–Kier alpha value is -8.75. The van der Waals surface area contributed by atoms with Crippen LogP contribution in [0.25, 0.3) is 22.3 Å². The minimum Gasteiger partial charge on any atom is -0.480 e. The normalized spacial score (nSPS) is 18.7. The quantitative estimate of drug-likeness (QED) is 0.0218. The largest absolute Gasteiger partial charge is 0.480 e. The summed E-state index contributed by atoms with van der Waals surface area (Å²) in [5, 5.41) is 35.7. The first-order valence-corrected chi connectivity index (χ1v) is 26.3. The van der Waals surface area contributed by atoms with Crippen LogP contribution in [0.1, 0.15) is 77.6 Å². The molecule has 8 N–H and O–H groups in total. The molecule has 0 radical (unpaired) electrons. The molecule has 0 unspecified atom stereocenters. The molecule has 426 valence electrons. The van der Waals surface area contributed by atoms with E-state index in [1.165, 1.54) is 10.6 Å². The van der Waals surface area contributed by atoms with Crippen LogP contribution in [0, 0.1) is 18.7 Å². The summed E-state index contributed by atoms with van der Waals surface area (Å²) in [5.41, 5.74) is 1.84. The Labute approximate surface area is 461 Å². The lowest BCUT2D eigenvalue weighted by atomic mass is 9.81. The number of aromatic nitrogens is 2. The average molecular weight is 1120 g/mol. The lowest BCUT2D eigenvalue weighted by Gasteiger charge is -2.36. The van der Waals surface area contributed by atoms with E-state index in [0.717, 1.165) is 17.7 Å². The number of carbonyl (C=O) groups excluding carboxylic acids is 9. The monoisotopic (exact) mass is 1120 g/mol. The average Bonchev–Trinajstić information content (AvgIpc) is 4.03. The second kappa shape index (κ2) is 23.5. The van der Waals surface area contributed by atoms with Crippen molar-refractivity contribution >= 4 is 70.1 Å². The van der Waals surface area contributed by atoms with E-state index in [0.29, 0.717) is 75.1 Å². The molecule has 0 spiro atoms. The molecule has 2 aliphatic carbocycles. The van der Waals surface area contributed by atoms with Crippen LogP contribution in [0.5, 0.6) is 0 Å². The maximum Gasteiger partial charge on any atom is 0.343 e. The smallest absolute Gasteiger partial charge is 0.343 e. The first kappa shape index (κ1) is 57.0. The number of cyclic esters (lactones) is 1. The lowest BCUT2D eigenvalue weighted by Crippen LogP contribution is -2.56. The molecule has 25 nitrogen and oxygen atoms in total. The van der Waals surface area contributed by atoms with Crippen molar-refractivity contribution in [3.8, 4) is 11.4 Å². The number of carbonyl (C=O) groups is 10. The summed E-state index contributed by atoms with van der Waals surface area (Å²) in [6.45, 7) is -0.394. The van der Waals surface area contributed by atoms with Gasteiger partial charge in [-0.3, -0.25) is 52.8 Å². The number of esters is 1. The fourth-order valence-electron chi connectivity index (χ4n) is 10.8. The van der Waals surface area contributed by atoms with E-state index in [4.69, 9.17) is 19.6 Å². The molecule has 0 bridgehead atoms. The number of carboxylic acids is 1. The highest BCUT2D eigenvalue weighted by molar-refractivity contribution is 6.15. The third-order valence-corrected chi connectivity index (χ3v) is 15.3. The Morgan fingerprint density at radius 1 is 0.877 bits per heavy atom. The number of benzene rings is 2. The zero-order chi connectivity index (χ0) is 58.0. The van der Waals surface area contributed by atoms with Crippen molar-refractivity contribution in [2.45, 2.75) is 95.4 Å². The zero-order valence-electron chi connectivity index (χ0n) is 44.4. The molecule has 2 aromatic heterocycles. The number of aliphatic hydroxyl groups is 1. The summed E-state index contributed by atoms with van der Waals surface area (Å²) in [7, 11) is 1.64. The molecule has 81 heavy (non-hydrogen) atoms. The van der Waals surface area contributed by atoms with Crippen LogP contribution in [0.15, 0.2) is 59.4 Å². The van der Waals surface area contributed by atoms with Crippen molar-refractivity contribution in [3.63, 3.8) is 0 Å². The first-order valence-electron chi connectivity index (χ1n) is 26.3. The zero-order valence-corrected chi connectivity index (χ0v) is 44.4. The number of aryl methyl sites for hydroxylation is 1. The number of fused-ring (bicyclic) bond motifs is 5. The van der Waals surface area contributed by atoms with Crippen LogP contribution in [0.2, 0.25) is 0 Å². The number of carboxylic acid groups (broad SMARTS) is 1. The number of likely N-dealkylation sites (N-methyl/N-ethyl adjacent to an activating group) is 1. The van der Waals surface area contributed by atoms with E-state index < -0.39 is 134 Å². The predicted octanol–water partition coefficient (Wildman–Crippen LogP) is -1.11. The van der Waals surface area contributed by atoms with E-state index in [-0.39, 0.29) is 48.9 Å². The highest BCUT2D eigenvalue weighted by Gasteiger charge is 2.47. The topological polar surface area (TPSA) is 343 Å². The molecule has 4 aromatic rings. The number of aliphatic carboxylic acids is 1.